The highest BCUT2D eigenvalue weighted by Gasteiger charge is 2.49. The lowest BCUT2D eigenvalue weighted by Crippen LogP contribution is -2.30. The number of aliphatic hydroxyl groups excluding tert-OH is 1. The number of rotatable bonds is 3. The summed E-state index contributed by atoms with van der Waals surface area (Å²) in [5.74, 6) is -4.26. The molecule has 29 heavy (non-hydrogen) atoms. The van der Waals surface area contributed by atoms with Crippen LogP contribution in [-0.4, -0.2) is 16.8 Å². The van der Waals surface area contributed by atoms with Crippen LogP contribution < -0.4 is 4.90 Å². The van der Waals surface area contributed by atoms with E-state index in [1.165, 1.54) is 42.7 Å². The van der Waals surface area contributed by atoms with Crippen molar-refractivity contribution in [3.8, 4) is 0 Å². The van der Waals surface area contributed by atoms with Crippen LogP contribution in [0.3, 0.4) is 0 Å². The highest BCUT2D eigenvalue weighted by molar-refractivity contribution is 6.51. The first-order valence-electron chi connectivity index (χ1n) is 8.44. The molecule has 0 saturated carbocycles. The number of amides is 1. The maximum absolute atomic E-state index is 14.4. The predicted octanol–water partition coefficient (Wildman–Crippen LogP) is 4.84. The Kier molecular flexibility index (Phi) is 4.68. The number of benzene rings is 2. The van der Waals surface area contributed by atoms with Crippen molar-refractivity contribution < 1.29 is 27.9 Å². The van der Waals surface area contributed by atoms with E-state index in [0.29, 0.717) is 5.02 Å². The second kappa shape index (κ2) is 7.18. The smallest absolute Gasteiger partial charge is 0.300 e. The minimum atomic E-state index is -1.28. The van der Waals surface area contributed by atoms with Gasteiger partial charge < -0.3 is 9.52 Å². The van der Waals surface area contributed by atoms with Gasteiger partial charge in [-0.3, -0.25) is 14.5 Å². The van der Waals surface area contributed by atoms with Crippen molar-refractivity contribution in [3.05, 3.63) is 94.4 Å². The summed E-state index contributed by atoms with van der Waals surface area (Å²) in [5.41, 5.74) is -0.525. The molecule has 0 radical (unpaired) electrons. The summed E-state index contributed by atoms with van der Waals surface area (Å²) in [6.45, 7) is 0. The largest absolute Gasteiger partial charge is 0.507 e. The molecular weight excluding hydrogens is 404 g/mol. The number of hydrogen-bond acceptors (Lipinski definition) is 4. The molecule has 1 fully saturated rings. The lowest BCUT2D eigenvalue weighted by molar-refractivity contribution is -0.132. The zero-order chi connectivity index (χ0) is 20.7. The quantitative estimate of drug-likeness (QED) is 0.377. The summed E-state index contributed by atoms with van der Waals surface area (Å²) in [6.07, 6.45) is 1.31. The topological polar surface area (TPSA) is 70.8 Å². The molecule has 1 aliphatic rings. The molecule has 2 heterocycles. The first kappa shape index (κ1) is 18.9. The van der Waals surface area contributed by atoms with Gasteiger partial charge in [0.05, 0.1) is 17.5 Å². The number of nitrogens with zero attached hydrogens (tertiary/aromatic N) is 1. The van der Waals surface area contributed by atoms with E-state index in [9.17, 15) is 23.5 Å². The molecule has 0 aliphatic carbocycles. The number of ketones is 1. The van der Waals surface area contributed by atoms with Crippen molar-refractivity contribution in [2.75, 3.05) is 4.90 Å². The first-order valence-corrected chi connectivity index (χ1v) is 8.81. The number of aliphatic hydroxyl groups is 1. The minimum absolute atomic E-state index is 0.100. The Labute approximate surface area is 168 Å². The van der Waals surface area contributed by atoms with Crippen LogP contribution in [0.15, 0.2) is 70.9 Å². The van der Waals surface area contributed by atoms with E-state index in [1.807, 2.05) is 0 Å². The van der Waals surface area contributed by atoms with Crippen molar-refractivity contribution in [3.63, 3.8) is 0 Å². The third kappa shape index (κ3) is 3.19. The molecule has 0 spiro atoms. The van der Waals surface area contributed by atoms with E-state index < -0.39 is 40.8 Å². The van der Waals surface area contributed by atoms with Crippen molar-refractivity contribution >= 4 is 34.7 Å². The standard InChI is InChI=1S/C21H12ClF2NO4/c22-12-5-3-11(4-6-12)19(26)17-18(16-2-1-9-29-16)25(21(28)20(17)27)15-10-13(23)7-8-14(15)24/h1-10,18,26H/b19-17-. The van der Waals surface area contributed by atoms with Gasteiger partial charge in [-0.05, 0) is 48.5 Å². The van der Waals surface area contributed by atoms with Gasteiger partial charge in [0.2, 0.25) is 0 Å². The molecule has 4 rings (SSSR count). The molecule has 1 N–H and O–H groups in total. The molecule has 1 amide bonds. The molecule has 1 atom stereocenters. The van der Waals surface area contributed by atoms with Gasteiger partial charge in [-0.25, -0.2) is 8.78 Å². The Morgan fingerprint density at radius 1 is 1.07 bits per heavy atom. The van der Waals surface area contributed by atoms with Gasteiger partial charge in [0.15, 0.2) is 0 Å². The average Bonchev–Trinajstić information content (AvgIpc) is 3.31. The molecule has 1 unspecified atom stereocenters. The average molecular weight is 416 g/mol. The van der Waals surface area contributed by atoms with E-state index in [1.54, 1.807) is 0 Å². The van der Waals surface area contributed by atoms with Crippen molar-refractivity contribution in [2.24, 2.45) is 0 Å². The van der Waals surface area contributed by atoms with Crippen LogP contribution in [0.2, 0.25) is 5.02 Å². The van der Waals surface area contributed by atoms with E-state index in [0.717, 1.165) is 23.1 Å². The van der Waals surface area contributed by atoms with Gasteiger partial charge >= 0.3 is 0 Å². The fourth-order valence-electron chi connectivity index (χ4n) is 3.23. The Hall–Kier alpha value is -3.45. The molecule has 2 aromatic carbocycles. The van der Waals surface area contributed by atoms with Crippen LogP contribution in [0.1, 0.15) is 17.4 Å². The number of carbonyl (C=O) groups excluding carboxylic acids is 2. The summed E-state index contributed by atoms with van der Waals surface area (Å²) in [5, 5.41) is 11.2. The van der Waals surface area contributed by atoms with Gasteiger partial charge in [-0.2, -0.15) is 0 Å². The highest BCUT2D eigenvalue weighted by Crippen LogP contribution is 2.43. The van der Waals surface area contributed by atoms with Crippen LogP contribution in [-0.2, 0) is 9.59 Å². The maximum atomic E-state index is 14.4. The molecule has 1 saturated heterocycles. The minimum Gasteiger partial charge on any atom is -0.507 e. The van der Waals surface area contributed by atoms with Gasteiger partial charge in [-0.15, -0.1) is 0 Å². The number of hydrogen-bond donors (Lipinski definition) is 1. The van der Waals surface area contributed by atoms with Gasteiger partial charge in [-0.1, -0.05) is 11.6 Å². The molecule has 146 valence electrons. The van der Waals surface area contributed by atoms with Crippen molar-refractivity contribution in [2.45, 2.75) is 6.04 Å². The second-order valence-electron chi connectivity index (χ2n) is 6.29. The first-order chi connectivity index (χ1) is 13.9. The van der Waals surface area contributed by atoms with Gasteiger partial charge in [0.25, 0.3) is 11.7 Å². The monoisotopic (exact) mass is 415 g/mol. The third-order valence-electron chi connectivity index (χ3n) is 4.54. The summed E-state index contributed by atoms with van der Waals surface area (Å²) >= 11 is 5.85. The van der Waals surface area contributed by atoms with Crippen molar-refractivity contribution in [1.29, 1.82) is 0 Å². The molecular formula is C21H12ClF2NO4. The molecule has 1 aromatic heterocycles. The van der Waals surface area contributed by atoms with E-state index in [2.05, 4.69) is 0 Å². The Morgan fingerprint density at radius 2 is 1.79 bits per heavy atom. The number of carbonyl (C=O) groups is 2. The number of Topliss-reactive ketones (excluding diaryl/α,β-unsaturated/α-hetero) is 1. The molecule has 3 aromatic rings. The number of halogens is 3. The Morgan fingerprint density at radius 3 is 2.45 bits per heavy atom. The van der Waals surface area contributed by atoms with E-state index >= 15 is 0 Å². The summed E-state index contributed by atoms with van der Waals surface area (Å²) in [7, 11) is 0. The third-order valence-corrected chi connectivity index (χ3v) is 4.79. The normalized spacial score (nSPS) is 18.4. The molecule has 5 nitrogen and oxygen atoms in total. The van der Waals surface area contributed by atoms with Crippen LogP contribution in [0.5, 0.6) is 0 Å². The van der Waals surface area contributed by atoms with Crippen LogP contribution in [0.4, 0.5) is 14.5 Å². The number of furan rings is 1. The number of anilines is 1. The zero-order valence-electron chi connectivity index (χ0n) is 14.6. The van der Waals surface area contributed by atoms with Crippen molar-refractivity contribution in [1.82, 2.24) is 0 Å². The van der Waals surface area contributed by atoms with E-state index in [-0.39, 0.29) is 16.9 Å². The summed E-state index contributed by atoms with van der Waals surface area (Å²) in [6, 6.07) is 10.2. The lowest BCUT2D eigenvalue weighted by atomic mass is 9.99. The summed E-state index contributed by atoms with van der Waals surface area (Å²) < 4.78 is 33.5. The van der Waals surface area contributed by atoms with Crippen LogP contribution in [0, 0.1) is 11.6 Å². The van der Waals surface area contributed by atoms with Crippen LogP contribution >= 0.6 is 11.6 Å². The fourth-order valence-corrected chi connectivity index (χ4v) is 3.36. The second-order valence-corrected chi connectivity index (χ2v) is 6.72. The zero-order valence-corrected chi connectivity index (χ0v) is 15.4. The maximum Gasteiger partial charge on any atom is 0.300 e. The van der Waals surface area contributed by atoms with Crippen LogP contribution in [0.25, 0.3) is 5.76 Å². The lowest BCUT2D eigenvalue weighted by Gasteiger charge is -2.23. The molecule has 8 heteroatoms. The Bertz CT molecular complexity index is 1140. The molecule has 0 bridgehead atoms. The highest BCUT2D eigenvalue weighted by atomic mass is 35.5. The summed E-state index contributed by atoms with van der Waals surface area (Å²) in [4.78, 5) is 26.3. The van der Waals surface area contributed by atoms with E-state index in [4.69, 9.17) is 16.0 Å². The SMILES string of the molecule is O=C1C(=O)N(c2cc(F)ccc2F)C(c2ccco2)/C1=C(/O)c1ccc(Cl)cc1. The Balaban J connectivity index is 1.95. The predicted molar refractivity (Wildman–Crippen MR) is 101 cm³/mol. The fraction of sp³-hybridized carbons (Fsp3) is 0.0476. The van der Waals surface area contributed by atoms with Gasteiger partial charge in [0.1, 0.15) is 29.2 Å². The van der Waals surface area contributed by atoms with Gasteiger partial charge in [0, 0.05) is 16.7 Å². The molecule has 1 aliphatic heterocycles.